The number of amides is 1. The molecular formula is C22H38ClN3O. The van der Waals surface area contributed by atoms with Crippen LogP contribution in [0, 0.1) is 5.92 Å². The molecule has 1 amide bonds. The highest BCUT2D eigenvalue weighted by atomic mass is 35.5. The number of benzene rings is 1. The predicted octanol–water partition coefficient (Wildman–Crippen LogP) is 5.11. The van der Waals surface area contributed by atoms with Gasteiger partial charge in [-0.1, -0.05) is 58.6 Å². The summed E-state index contributed by atoms with van der Waals surface area (Å²) in [6.45, 7) is 4.70. The Labute approximate surface area is 171 Å². The number of hydrogen-bond acceptors (Lipinski definition) is 3. The number of piperazine rings is 1. The van der Waals surface area contributed by atoms with Gasteiger partial charge in [0.25, 0.3) is 5.91 Å². The van der Waals surface area contributed by atoms with Crippen molar-refractivity contribution in [2.45, 2.75) is 59.8 Å². The second-order valence-corrected chi connectivity index (χ2v) is 7.73. The van der Waals surface area contributed by atoms with Crippen LogP contribution in [-0.4, -0.2) is 38.6 Å². The van der Waals surface area contributed by atoms with E-state index in [4.69, 9.17) is 11.6 Å². The molecule has 1 aliphatic carbocycles. The number of nitrogens with zero attached hydrogens (tertiary/aromatic N) is 1. The molecule has 1 saturated carbocycles. The van der Waals surface area contributed by atoms with E-state index in [1.54, 1.807) is 0 Å². The molecule has 0 atom stereocenters. The summed E-state index contributed by atoms with van der Waals surface area (Å²) in [5.74, 6) is 0.571. The molecule has 0 bridgehead atoms. The second-order valence-electron chi connectivity index (χ2n) is 7.32. The van der Waals surface area contributed by atoms with Crippen LogP contribution in [-0.2, 0) is 0 Å². The summed E-state index contributed by atoms with van der Waals surface area (Å²) in [5.41, 5.74) is 1.69. The molecule has 2 aliphatic rings. The lowest BCUT2D eigenvalue weighted by Gasteiger charge is -2.29. The molecule has 5 heteroatoms. The first kappa shape index (κ1) is 23.8. The first-order valence-corrected chi connectivity index (χ1v) is 10.2. The summed E-state index contributed by atoms with van der Waals surface area (Å²) in [6.07, 6.45) is 9.09. The fourth-order valence-corrected chi connectivity index (χ4v) is 4.15. The van der Waals surface area contributed by atoms with Crippen molar-refractivity contribution in [1.29, 1.82) is 0 Å². The average molecular weight is 396 g/mol. The Balaban J connectivity index is 0.00000182. The van der Waals surface area contributed by atoms with Gasteiger partial charge in [0.15, 0.2) is 0 Å². The molecule has 2 N–H and O–H groups in total. The van der Waals surface area contributed by atoms with Crippen molar-refractivity contribution in [2.24, 2.45) is 5.92 Å². The van der Waals surface area contributed by atoms with Gasteiger partial charge in [-0.15, -0.1) is 0 Å². The molecule has 0 unspecified atom stereocenters. The standard InChI is InChI=1S/C20H30ClN3O.2CH4/c21-19-14-17(24-12-10-22-11-13-24)8-9-18(19)20(25)23-15-16-6-4-2-1-3-5-7-16;;/h8-9,14,16,22H,1-7,10-13,15H2,(H,23,25);2*1H4. The Morgan fingerprint density at radius 2 is 1.70 bits per heavy atom. The van der Waals surface area contributed by atoms with Gasteiger partial charge in [-0.05, 0) is 37.0 Å². The third kappa shape index (κ3) is 7.00. The maximum Gasteiger partial charge on any atom is 0.252 e. The Hall–Kier alpha value is -1.26. The van der Waals surface area contributed by atoms with Gasteiger partial charge in [0, 0.05) is 38.4 Å². The average Bonchev–Trinajstić information content (AvgIpc) is 2.61. The molecule has 0 radical (unpaired) electrons. The Morgan fingerprint density at radius 3 is 2.33 bits per heavy atom. The molecule has 2 fully saturated rings. The number of carbonyl (C=O) groups excluding carboxylic acids is 1. The highest BCUT2D eigenvalue weighted by molar-refractivity contribution is 6.34. The van der Waals surface area contributed by atoms with E-state index >= 15 is 0 Å². The molecule has 1 aliphatic heterocycles. The van der Waals surface area contributed by atoms with E-state index in [0.717, 1.165) is 38.4 Å². The number of nitrogens with one attached hydrogen (secondary N) is 2. The van der Waals surface area contributed by atoms with Gasteiger partial charge in [-0.3, -0.25) is 4.79 Å². The van der Waals surface area contributed by atoms with Crippen molar-refractivity contribution in [2.75, 3.05) is 37.6 Å². The molecule has 3 rings (SSSR count). The van der Waals surface area contributed by atoms with Crippen molar-refractivity contribution in [3.8, 4) is 0 Å². The van der Waals surface area contributed by atoms with Gasteiger partial charge < -0.3 is 15.5 Å². The van der Waals surface area contributed by atoms with E-state index < -0.39 is 0 Å². The Bertz CT molecular complexity index is 565. The molecule has 1 saturated heterocycles. The monoisotopic (exact) mass is 395 g/mol. The minimum Gasteiger partial charge on any atom is -0.369 e. The summed E-state index contributed by atoms with van der Waals surface area (Å²) >= 11 is 6.41. The van der Waals surface area contributed by atoms with Crippen LogP contribution >= 0.6 is 11.6 Å². The summed E-state index contributed by atoms with van der Waals surface area (Å²) in [5, 5.41) is 7.00. The zero-order valence-electron chi connectivity index (χ0n) is 15.0. The first-order valence-electron chi connectivity index (χ1n) is 9.77. The van der Waals surface area contributed by atoms with Crippen molar-refractivity contribution in [1.82, 2.24) is 10.6 Å². The Kier molecular flexibility index (Phi) is 10.8. The molecule has 1 aromatic carbocycles. The number of carbonyl (C=O) groups is 1. The van der Waals surface area contributed by atoms with E-state index in [1.807, 2.05) is 18.2 Å². The molecule has 154 valence electrons. The van der Waals surface area contributed by atoms with Crippen LogP contribution in [0.15, 0.2) is 18.2 Å². The van der Waals surface area contributed by atoms with Crippen molar-refractivity contribution in [3.63, 3.8) is 0 Å². The van der Waals surface area contributed by atoms with E-state index in [2.05, 4.69) is 15.5 Å². The lowest BCUT2D eigenvalue weighted by atomic mass is 9.91. The smallest absolute Gasteiger partial charge is 0.252 e. The number of halogens is 1. The molecule has 1 aromatic rings. The molecule has 0 aromatic heterocycles. The lowest BCUT2D eigenvalue weighted by Crippen LogP contribution is -2.43. The van der Waals surface area contributed by atoms with E-state index in [1.165, 1.54) is 44.9 Å². The third-order valence-corrected chi connectivity index (χ3v) is 5.77. The number of anilines is 1. The first-order chi connectivity index (χ1) is 12.2. The minimum atomic E-state index is -0.0427. The third-order valence-electron chi connectivity index (χ3n) is 5.46. The van der Waals surface area contributed by atoms with Crippen LogP contribution < -0.4 is 15.5 Å². The van der Waals surface area contributed by atoms with Crippen LogP contribution in [0.5, 0.6) is 0 Å². The van der Waals surface area contributed by atoms with Crippen molar-refractivity contribution >= 4 is 23.2 Å². The van der Waals surface area contributed by atoms with Gasteiger partial charge >= 0.3 is 0 Å². The highest BCUT2D eigenvalue weighted by Gasteiger charge is 2.17. The van der Waals surface area contributed by atoms with E-state index in [9.17, 15) is 4.79 Å². The minimum absolute atomic E-state index is 0. The zero-order chi connectivity index (χ0) is 17.5. The van der Waals surface area contributed by atoms with Gasteiger partial charge in [0.05, 0.1) is 10.6 Å². The SMILES string of the molecule is C.C.O=C(NCC1CCCCCCC1)c1ccc(N2CCNCC2)cc1Cl. The summed E-state index contributed by atoms with van der Waals surface area (Å²) in [7, 11) is 0. The second kappa shape index (κ2) is 12.2. The number of hydrogen-bond donors (Lipinski definition) is 2. The molecule has 0 spiro atoms. The quantitative estimate of drug-likeness (QED) is 0.744. The van der Waals surface area contributed by atoms with Crippen LogP contribution in [0.2, 0.25) is 5.02 Å². The van der Waals surface area contributed by atoms with E-state index in [-0.39, 0.29) is 20.8 Å². The van der Waals surface area contributed by atoms with Crippen LogP contribution in [0.3, 0.4) is 0 Å². The van der Waals surface area contributed by atoms with Gasteiger partial charge in [0.1, 0.15) is 0 Å². The molecular weight excluding hydrogens is 358 g/mol. The van der Waals surface area contributed by atoms with E-state index in [0.29, 0.717) is 16.5 Å². The molecule has 4 nitrogen and oxygen atoms in total. The van der Waals surface area contributed by atoms with Crippen LogP contribution in [0.4, 0.5) is 5.69 Å². The van der Waals surface area contributed by atoms with Crippen molar-refractivity contribution < 1.29 is 4.79 Å². The summed E-state index contributed by atoms with van der Waals surface area (Å²) in [4.78, 5) is 14.8. The fraction of sp³-hybridized carbons (Fsp3) is 0.682. The lowest BCUT2D eigenvalue weighted by molar-refractivity contribution is 0.0945. The predicted molar refractivity (Wildman–Crippen MR) is 118 cm³/mol. The zero-order valence-corrected chi connectivity index (χ0v) is 15.8. The number of rotatable bonds is 4. The van der Waals surface area contributed by atoms with Crippen LogP contribution in [0.25, 0.3) is 0 Å². The van der Waals surface area contributed by atoms with Gasteiger partial charge in [-0.25, -0.2) is 0 Å². The topological polar surface area (TPSA) is 44.4 Å². The molecule has 27 heavy (non-hydrogen) atoms. The fourth-order valence-electron chi connectivity index (χ4n) is 3.88. The maximum atomic E-state index is 12.5. The van der Waals surface area contributed by atoms with Crippen molar-refractivity contribution in [3.05, 3.63) is 28.8 Å². The van der Waals surface area contributed by atoms with Crippen LogP contribution in [0.1, 0.15) is 70.2 Å². The largest absolute Gasteiger partial charge is 0.369 e. The normalized spacial score (nSPS) is 18.5. The van der Waals surface area contributed by atoms with Gasteiger partial charge in [-0.2, -0.15) is 0 Å². The maximum absolute atomic E-state index is 12.5. The molecule has 1 heterocycles. The highest BCUT2D eigenvalue weighted by Crippen LogP contribution is 2.25. The summed E-state index contributed by atoms with van der Waals surface area (Å²) in [6, 6.07) is 5.81. The van der Waals surface area contributed by atoms with Gasteiger partial charge in [0.2, 0.25) is 0 Å². The summed E-state index contributed by atoms with van der Waals surface area (Å²) < 4.78 is 0. The Morgan fingerprint density at radius 1 is 1.07 bits per heavy atom.